The standard InChI is InChI=1S/C16H20N2O5/c1-11(2)10-22-13-5-3-12(4-6-13)9-17-16(21)23-18-14(19)7-8-15(18)20/h3-6,11H,7-10H2,1-2H3,(H,17,21). The highest BCUT2D eigenvalue weighted by Crippen LogP contribution is 2.14. The summed E-state index contributed by atoms with van der Waals surface area (Å²) in [5.74, 6) is 0.203. The third-order valence-electron chi connectivity index (χ3n) is 3.12. The monoisotopic (exact) mass is 320 g/mol. The molecule has 23 heavy (non-hydrogen) atoms. The molecule has 124 valence electrons. The van der Waals surface area contributed by atoms with Crippen molar-refractivity contribution < 1.29 is 24.0 Å². The number of benzene rings is 1. The van der Waals surface area contributed by atoms with Gasteiger partial charge in [-0.05, 0) is 23.6 Å². The molecule has 0 bridgehead atoms. The summed E-state index contributed by atoms with van der Waals surface area (Å²) in [6.07, 6.45) is -0.692. The second kappa shape index (κ2) is 7.62. The first kappa shape index (κ1) is 16.8. The van der Waals surface area contributed by atoms with Crippen LogP contribution < -0.4 is 10.1 Å². The highest BCUT2D eigenvalue weighted by Gasteiger charge is 2.32. The molecule has 0 unspecified atom stereocenters. The minimum atomic E-state index is -0.839. The predicted octanol–water partition coefficient (Wildman–Crippen LogP) is 2.01. The maximum absolute atomic E-state index is 11.6. The van der Waals surface area contributed by atoms with Gasteiger partial charge in [-0.1, -0.05) is 26.0 Å². The molecule has 1 aliphatic rings. The number of carbonyl (C=O) groups is 3. The second-order valence-electron chi connectivity index (χ2n) is 5.66. The summed E-state index contributed by atoms with van der Waals surface area (Å²) in [4.78, 5) is 39.0. The third-order valence-corrected chi connectivity index (χ3v) is 3.12. The van der Waals surface area contributed by atoms with Gasteiger partial charge in [0, 0.05) is 19.4 Å². The van der Waals surface area contributed by atoms with Gasteiger partial charge in [0.05, 0.1) is 6.61 Å². The lowest BCUT2D eigenvalue weighted by Gasteiger charge is -2.13. The van der Waals surface area contributed by atoms with Gasteiger partial charge in [-0.2, -0.15) is 0 Å². The van der Waals surface area contributed by atoms with Crippen molar-refractivity contribution >= 4 is 17.9 Å². The van der Waals surface area contributed by atoms with Gasteiger partial charge in [-0.15, -0.1) is 5.06 Å². The fourth-order valence-electron chi connectivity index (χ4n) is 1.91. The van der Waals surface area contributed by atoms with Crippen molar-refractivity contribution in [3.05, 3.63) is 29.8 Å². The summed E-state index contributed by atoms with van der Waals surface area (Å²) in [5.41, 5.74) is 0.845. The average molecular weight is 320 g/mol. The van der Waals surface area contributed by atoms with Crippen LogP contribution in [-0.4, -0.2) is 29.6 Å². The Labute approximate surface area is 134 Å². The minimum Gasteiger partial charge on any atom is -0.493 e. The first-order chi connectivity index (χ1) is 11.0. The van der Waals surface area contributed by atoms with E-state index in [4.69, 9.17) is 9.57 Å². The first-order valence-corrected chi connectivity index (χ1v) is 7.49. The van der Waals surface area contributed by atoms with Crippen molar-refractivity contribution in [2.24, 2.45) is 5.92 Å². The second-order valence-corrected chi connectivity index (χ2v) is 5.66. The number of rotatable bonds is 6. The summed E-state index contributed by atoms with van der Waals surface area (Å²) in [6, 6.07) is 7.28. The maximum atomic E-state index is 11.6. The van der Waals surface area contributed by atoms with Crippen LogP contribution in [0.1, 0.15) is 32.3 Å². The zero-order valence-corrected chi connectivity index (χ0v) is 13.2. The molecule has 7 nitrogen and oxygen atoms in total. The Kier molecular flexibility index (Phi) is 5.56. The van der Waals surface area contributed by atoms with Crippen molar-refractivity contribution in [3.63, 3.8) is 0 Å². The highest BCUT2D eigenvalue weighted by atomic mass is 16.7. The normalized spacial score (nSPS) is 14.3. The number of carbonyl (C=O) groups excluding carboxylic acids is 3. The summed E-state index contributed by atoms with van der Waals surface area (Å²) in [6.45, 7) is 5.00. The molecule has 1 aromatic carbocycles. The Morgan fingerprint density at radius 1 is 1.17 bits per heavy atom. The van der Waals surface area contributed by atoms with Gasteiger partial charge in [-0.3, -0.25) is 9.59 Å². The third kappa shape index (κ3) is 4.98. The van der Waals surface area contributed by atoms with Crippen LogP contribution in [0.5, 0.6) is 5.75 Å². The molecular weight excluding hydrogens is 300 g/mol. The van der Waals surface area contributed by atoms with E-state index in [1.54, 1.807) is 0 Å². The predicted molar refractivity (Wildman–Crippen MR) is 81.2 cm³/mol. The molecule has 1 fully saturated rings. The lowest BCUT2D eigenvalue weighted by Crippen LogP contribution is -2.36. The van der Waals surface area contributed by atoms with Crippen molar-refractivity contribution in [2.45, 2.75) is 33.2 Å². The molecule has 0 radical (unpaired) electrons. The number of imide groups is 1. The average Bonchev–Trinajstić information content (AvgIpc) is 2.84. The summed E-state index contributed by atoms with van der Waals surface area (Å²) < 4.78 is 5.57. The number of hydrogen-bond acceptors (Lipinski definition) is 5. The van der Waals surface area contributed by atoms with E-state index in [0.29, 0.717) is 17.6 Å². The number of nitrogens with zero attached hydrogens (tertiary/aromatic N) is 1. The van der Waals surface area contributed by atoms with Crippen molar-refractivity contribution in [1.29, 1.82) is 0 Å². The molecule has 1 aliphatic heterocycles. The Morgan fingerprint density at radius 2 is 1.78 bits per heavy atom. The van der Waals surface area contributed by atoms with E-state index in [1.165, 1.54) is 0 Å². The van der Waals surface area contributed by atoms with E-state index in [9.17, 15) is 14.4 Å². The lowest BCUT2D eigenvalue weighted by atomic mass is 10.2. The number of hydrogen-bond donors (Lipinski definition) is 1. The minimum absolute atomic E-state index is 0.0734. The van der Waals surface area contributed by atoms with E-state index >= 15 is 0 Å². The van der Waals surface area contributed by atoms with Gasteiger partial charge >= 0.3 is 6.09 Å². The smallest absolute Gasteiger partial charge is 0.432 e. The zero-order chi connectivity index (χ0) is 16.8. The zero-order valence-electron chi connectivity index (χ0n) is 13.2. The quantitative estimate of drug-likeness (QED) is 0.811. The summed E-state index contributed by atoms with van der Waals surface area (Å²) in [5, 5.41) is 3.00. The van der Waals surface area contributed by atoms with E-state index in [1.807, 2.05) is 24.3 Å². The van der Waals surface area contributed by atoms with Crippen LogP contribution in [-0.2, 0) is 21.0 Å². The van der Waals surface area contributed by atoms with E-state index in [2.05, 4.69) is 19.2 Å². The van der Waals surface area contributed by atoms with Crippen LogP contribution in [0.3, 0.4) is 0 Å². The topological polar surface area (TPSA) is 84.9 Å². The number of hydroxylamine groups is 2. The van der Waals surface area contributed by atoms with Gasteiger partial charge in [0.25, 0.3) is 11.8 Å². The summed E-state index contributed by atoms with van der Waals surface area (Å²) in [7, 11) is 0. The molecule has 1 saturated heterocycles. The van der Waals surface area contributed by atoms with E-state index < -0.39 is 17.9 Å². The number of amides is 3. The van der Waals surface area contributed by atoms with E-state index in [-0.39, 0.29) is 19.4 Å². The number of ether oxygens (including phenoxy) is 1. The van der Waals surface area contributed by atoms with Gasteiger partial charge in [0.1, 0.15) is 5.75 Å². The molecule has 0 saturated carbocycles. The molecule has 0 spiro atoms. The largest absolute Gasteiger partial charge is 0.493 e. The van der Waals surface area contributed by atoms with Gasteiger partial charge < -0.3 is 14.9 Å². The molecule has 2 rings (SSSR count). The first-order valence-electron chi connectivity index (χ1n) is 7.49. The van der Waals surface area contributed by atoms with Crippen molar-refractivity contribution in [3.8, 4) is 5.75 Å². The molecular formula is C16H20N2O5. The molecule has 0 atom stereocenters. The molecule has 1 aromatic rings. The van der Waals surface area contributed by atoms with Crippen molar-refractivity contribution in [2.75, 3.05) is 6.61 Å². The molecule has 0 aliphatic carbocycles. The van der Waals surface area contributed by atoms with Crippen LogP contribution in [0.2, 0.25) is 0 Å². The van der Waals surface area contributed by atoms with Crippen LogP contribution in [0.15, 0.2) is 24.3 Å². The Hall–Kier alpha value is -2.57. The van der Waals surface area contributed by atoms with Crippen LogP contribution in [0.4, 0.5) is 4.79 Å². The molecule has 1 heterocycles. The summed E-state index contributed by atoms with van der Waals surface area (Å²) >= 11 is 0. The Bertz CT molecular complexity index is 567. The molecule has 1 N–H and O–H groups in total. The number of nitrogens with one attached hydrogen (secondary N) is 1. The SMILES string of the molecule is CC(C)COc1ccc(CNC(=O)ON2C(=O)CCC2=O)cc1. The molecule has 3 amide bonds. The fraction of sp³-hybridized carbons (Fsp3) is 0.438. The van der Waals surface area contributed by atoms with Crippen molar-refractivity contribution in [1.82, 2.24) is 10.4 Å². The van der Waals surface area contributed by atoms with Crippen LogP contribution in [0.25, 0.3) is 0 Å². The van der Waals surface area contributed by atoms with E-state index in [0.717, 1.165) is 11.3 Å². The van der Waals surface area contributed by atoms with Crippen LogP contribution in [0, 0.1) is 5.92 Å². The molecule has 7 heteroatoms. The van der Waals surface area contributed by atoms with Gasteiger partial charge in [0.2, 0.25) is 0 Å². The fourth-order valence-corrected chi connectivity index (χ4v) is 1.91. The van der Waals surface area contributed by atoms with Crippen LogP contribution >= 0.6 is 0 Å². The van der Waals surface area contributed by atoms with Gasteiger partial charge in [-0.25, -0.2) is 4.79 Å². The van der Waals surface area contributed by atoms with Gasteiger partial charge in [0.15, 0.2) is 0 Å². The molecule has 0 aromatic heterocycles. The Morgan fingerprint density at radius 3 is 2.35 bits per heavy atom. The maximum Gasteiger partial charge on any atom is 0.432 e. The highest BCUT2D eigenvalue weighted by molar-refractivity contribution is 6.01. The Balaban J connectivity index is 1.78. The lowest BCUT2D eigenvalue weighted by molar-refractivity contribution is -0.171.